The Labute approximate surface area is 133 Å². The fraction of sp³-hybridized carbons (Fsp3) is 0.526. The SMILES string of the molecule is CCCC[NH+](CC)Cc1c(C)[nH]c2c(C)c(C)ccc2c1=O. The molecule has 120 valence electrons. The van der Waals surface area contributed by atoms with Gasteiger partial charge in [-0.25, -0.2) is 0 Å². The minimum atomic E-state index is 0.205. The second-order valence-electron chi connectivity index (χ2n) is 6.37. The smallest absolute Gasteiger partial charge is 0.198 e. The van der Waals surface area contributed by atoms with E-state index in [1.807, 2.05) is 19.1 Å². The van der Waals surface area contributed by atoms with Crippen molar-refractivity contribution >= 4 is 10.9 Å². The predicted octanol–water partition coefficient (Wildman–Crippen LogP) is 2.66. The first-order valence-corrected chi connectivity index (χ1v) is 8.44. The third-order valence-corrected chi connectivity index (χ3v) is 4.83. The molecule has 2 aromatic rings. The highest BCUT2D eigenvalue weighted by molar-refractivity contribution is 5.83. The van der Waals surface area contributed by atoms with Crippen LogP contribution in [0, 0.1) is 20.8 Å². The van der Waals surface area contributed by atoms with Gasteiger partial charge in [-0.2, -0.15) is 0 Å². The summed E-state index contributed by atoms with van der Waals surface area (Å²) in [5.41, 5.74) is 5.57. The molecule has 0 radical (unpaired) electrons. The number of fused-ring (bicyclic) bond motifs is 1. The first-order valence-electron chi connectivity index (χ1n) is 8.44. The van der Waals surface area contributed by atoms with Crippen LogP contribution in [0.3, 0.4) is 0 Å². The van der Waals surface area contributed by atoms with Gasteiger partial charge in [0.15, 0.2) is 5.43 Å². The van der Waals surface area contributed by atoms with Crippen molar-refractivity contribution in [2.75, 3.05) is 13.1 Å². The first kappa shape index (κ1) is 16.8. The molecule has 3 nitrogen and oxygen atoms in total. The van der Waals surface area contributed by atoms with Gasteiger partial charge in [-0.3, -0.25) is 4.79 Å². The number of aromatic nitrogens is 1. The number of hydrogen-bond donors (Lipinski definition) is 2. The van der Waals surface area contributed by atoms with E-state index in [1.165, 1.54) is 28.9 Å². The van der Waals surface area contributed by atoms with Crippen LogP contribution in [0.2, 0.25) is 0 Å². The summed E-state index contributed by atoms with van der Waals surface area (Å²) in [6.45, 7) is 13.6. The van der Waals surface area contributed by atoms with E-state index < -0.39 is 0 Å². The predicted molar refractivity (Wildman–Crippen MR) is 93.8 cm³/mol. The number of pyridine rings is 1. The molecule has 0 aliphatic carbocycles. The Morgan fingerprint density at radius 1 is 1.14 bits per heavy atom. The fourth-order valence-electron chi connectivity index (χ4n) is 3.04. The lowest BCUT2D eigenvalue weighted by Gasteiger charge is -2.19. The van der Waals surface area contributed by atoms with E-state index in [0.717, 1.165) is 41.8 Å². The molecule has 2 N–H and O–H groups in total. The van der Waals surface area contributed by atoms with Crippen molar-refractivity contribution in [2.24, 2.45) is 0 Å². The van der Waals surface area contributed by atoms with Gasteiger partial charge in [0.05, 0.1) is 24.2 Å². The highest BCUT2D eigenvalue weighted by Crippen LogP contribution is 2.18. The number of unbranched alkanes of at least 4 members (excludes halogenated alkanes) is 1. The molecule has 1 heterocycles. The molecule has 0 aliphatic rings. The summed E-state index contributed by atoms with van der Waals surface area (Å²) in [4.78, 5) is 17.9. The highest BCUT2D eigenvalue weighted by Gasteiger charge is 2.16. The molecule has 0 fully saturated rings. The fourth-order valence-corrected chi connectivity index (χ4v) is 3.04. The molecule has 22 heavy (non-hydrogen) atoms. The average Bonchev–Trinajstić information content (AvgIpc) is 2.50. The summed E-state index contributed by atoms with van der Waals surface area (Å²) in [5.74, 6) is 0. The maximum atomic E-state index is 12.9. The second kappa shape index (κ2) is 7.10. The van der Waals surface area contributed by atoms with Crippen LogP contribution >= 0.6 is 0 Å². The van der Waals surface area contributed by atoms with Crippen molar-refractivity contribution in [3.8, 4) is 0 Å². The van der Waals surface area contributed by atoms with Gasteiger partial charge >= 0.3 is 0 Å². The number of nitrogens with one attached hydrogen (secondary N) is 2. The standard InChI is InChI=1S/C19H28N2O/c1-6-8-11-21(7-2)12-17-15(5)20-18-14(4)13(3)9-10-16(18)19(17)22/h9-10H,6-8,11-12H2,1-5H3,(H,20,22)/p+1. The molecule has 1 aromatic heterocycles. The number of benzene rings is 1. The van der Waals surface area contributed by atoms with Gasteiger partial charge in [-0.05, 0) is 51.3 Å². The first-order chi connectivity index (χ1) is 10.5. The Hall–Kier alpha value is -1.61. The summed E-state index contributed by atoms with van der Waals surface area (Å²) in [6.07, 6.45) is 2.42. The molecule has 1 atom stereocenters. The van der Waals surface area contributed by atoms with Gasteiger partial charge in [0.25, 0.3) is 0 Å². The molecule has 0 spiro atoms. The Morgan fingerprint density at radius 3 is 2.50 bits per heavy atom. The van der Waals surface area contributed by atoms with Crippen LogP contribution in [0.4, 0.5) is 0 Å². The van der Waals surface area contributed by atoms with Gasteiger partial charge in [-0.1, -0.05) is 19.4 Å². The number of rotatable bonds is 6. The zero-order chi connectivity index (χ0) is 16.3. The van der Waals surface area contributed by atoms with Crippen molar-refractivity contribution in [3.05, 3.63) is 44.7 Å². The maximum Gasteiger partial charge on any atom is 0.198 e. The van der Waals surface area contributed by atoms with Crippen molar-refractivity contribution < 1.29 is 4.90 Å². The van der Waals surface area contributed by atoms with E-state index in [-0.39, 0.29) is 5.43 Å². The van der Waals surface area contributed by atoms with E-state index >= 15 is 0 Å². The van der Waals surface area contributed by atoms with Crippen molar-refractivity contribution in [3.63, 3.8) is 0 Å². The lowest BCUT2D eigenvalue weighted by molar-refractivity contribution is -0.912. The van der Waals surface area contributed by atoms with Gasteiger partial charge in [0, 0.05) is 11.1 Å². The van der Waals surface area contributed by atoms with Gasteiger partial charge in [0.2, 0.25) is 0 Å². The monoisotopic (exact) mass is 301 g/mol. The van der Waals surface area contributed by atoms with E-state index in [2.05, 4.69) is 32.7 Å². The molecule has 2 rings (SSSR count). The summed E-state index contributed by atoms with van der Waals surface area (Å²) in [5, 5.41) is 0.828. The normalized spacial score (nSPS) is 12.8. The number of hydrogen-bond acceptors (Lipinski definition) is 1. The van der Waals surface area contributed by atoms with Crippen LogP contribution in [0.1, 0.15) is 49.1 Å². The van der Waals surface area contributed by atoms with E-state index in [1.54, 1.807) is 0 Å². The van der Waals surface area contributed by atoms with Gasteiger partial charge in [-0.15, -0.1) is 0 Å². The lowest BCUT2D eigenvalue weighted by atomic mass is 10.0. The lowest BCUT2D eigenvalue weighted by Crippen LogP contribution is -3.10. The van der Waals surface area contributed by atoms with Crippen LogP contribution in [-0.4, -0.2) is 18.1 Å². The number of aryl methyl sites for hydroxylation is 3. The van der Waals surface area contributed by atoms with Gasteiger partial charge in [0.1, 0.15) is 6.54 Å². The topological polar surface area (TPSA) is 37.3 Å². The Balaban J connectivity index is 2.47. The van der Waals surface area contributed by atoms with Crippen molar-refractivity contribution in [1.29, 1.82) is 0 Å². The van der Waals surface area contributed by atoms with Crippen molar-refractivity contribution in [2.45, 2.75) is 54.0 Å². The van der Waals surface area contributed by atoms with E-state index in [4.69, 9.17) is 0 Å². The molecule has 0 saturated carbocycles. The molecule has 0 saturated heterocycles. The van der Waals surface area contributed by atoms with Crippen LogP contribution in [-0.2, 0) is 6.54 Å². The summed E-state index contributed by atoms with van der Waals surface area (Å²) in [6, 6.07) is 4.02. The minimum Gasteiger partial charge on any atom is -0.358 e. The zero-order valence-electron chi connectivity index (χ0n) is 14.6. The minimum absolute atomic E-state index is 0.205. The molecule has 0 amide bonds. The third-order valence-electron chi connectivity index (χ3n) is 4.83. The molecule has 1 unspecified atom stereocenters. The quantitative estimate of drug-likeness (QED) is 0.846. The largest absolute Gasteiger partial charge is 0.358 e. The maximum absolute atomic E-state index is 12.9. The second-order valence-corrected chi connectivity index (χ2v) is 6.37. The molecule has 3 heteroatoms. The Kier molecular flexibility index (Phi) is 5.41. The van der Waals surface area contributed by atoms with E-state index in [0.29, 0.717) is 0 Å². The summed E-state index contributed by atoms with van der Waals surface area (Å²) < 4.78 is 0. The molecular formula is C19H29N2O+. The summed E-state index contributed by atoms with van der Waals surface area (Å²) >= 11 is 0. The van der Waals surface area contributed by atoms with Crippen LogP contribution < -0.4 is 10.3 Å². The Morgan fingerprint density at radius 2 is 1.86 bits per heavy atom. The highest BCUT2D eigenvalue weighted by atomic mass is 16.1. The molecule has 0 aliphatic heterocycles. The van der Waals surface area contributed by atoms with Crippen LogP contribution in [0.25, 0.3) is 10.9 Å². The number of H-pyrrole nitrogens is 1. The zero-order valence-corrected chi connectivity index (χ0v) is 14.6. The number of aromatic amines is 1. The number of quaternary nitrogens is 1. The molecule has 0 bridgehead atoms. The average molecular weight is 301 g/mol. The van der Waals surface area contributed by atoms with Gasteiger partial charge < -0.3 is 9.88 Å². The molecule has 1 aromatic carbocycles. The Bertz CT molecular complexity index is 715. The third kappa shape index (κ3) is 3.25. The summed E-state index contributed by atoms with van der Waals surface area (Å²) in [7, 11) is 0. The van der Waals surface area contributed by atoms with Crippen molar-refractivity contribution in [1.82, 2.24) is 4.98 Å². The van der Waals surface area contributed by atoms with Crippen LogP contribution in [0.15, 0.2) is 16.9 Å². The van der Waals surface area contributed by atoms with Crippen LogP contribution in [0.5, 0.6) is 0 Å². The van der Waals surface area contributed by atoms with E-state index in [9.17, 15) is 4.79 Å². The molecular weight excluding hydrogens is 272 g/mol.